The third kappa shape index (κ3) is 1.57. The summed E-state index contributed by atoms with van der Waals surface area (Å²) >= 11 is 0. The minimum atomic E-state index is -0.699. The first-order valence-electron chi connectivity index (χ1n) is 3.89. The molecule has 0 aliphatic rings. The molecule has 0 fully saturated rings. The predicted octanol–water partition coefficient (Wildman–Crippen LogP) is 1.91. The number of benzene rings is 1. The minimum Gasteiger partial charge on any atom is -0.495 e. The third-order valence-electron chi connectivity index (χ3n) is 1.80. The van der Waals surface area contributed by atoms with Crippen LogP contribution in [-0.4, -0.2) is 12.9 Å². The summed E-state index contributed by atoms with van der Waals surface area (Å²) in [5, 5.41) is 8.75. The van der Waals surface area contributed by atoms with Crippen LogP contribution in [0.1, 0.15) is 22.8 Å². The van der Waals surface area contributed by atoms with Crippen LogP contribution in [0.4, 0.5) is 4.39 Å². The average molecular weight is 193 g/mol. The van der Waals surface area contributed by atoms with E-state index in [1.54, 1.807) is 6.07 Å². The molecular weight excluding hydrogens is 185 g/mol. The van der Waals surface area contributed by atoms with Crippen molar-refractivity contribution in [1.29, 1.82) is 5.26 Å². The van der Waals surface area contributed by atoms with Crippen LogP contribution in [0.3, 0.4) is 0 Å². The van der Waals surface area contributed by atoms with Crippen molar-refractivity contribution in [2.45, 2.75) is 6.92 Å². The van der Waals surface area contributed by atoms with Gasteiger partial charge in [0.1, 0.15) is 23.2 Å². The number of halogens is 1. The number of ketones is 1. The summed E-state index contributed by atoms with van der Waals surface area (Å²) in [4.78, 5) is 11.1. The van der Waals surface area contributed by atoms with E-state index in [1.165, 1.54) is 20.1 Å². The summed E-state index contributed by atoms with van der Waals surface area (Å²) in [6, 6.07) is 4.18. The number of nitriles is 1. The van der Waals surface area contributed by atoms with Crippen molar-refractivity contribution in [3.63, 3.8) is 0 Å². The molecule has 0 aliphatic carbocycles. The van der Waals surface area contributed by atoms with Gasteiger partial charge in [-0.05, 0) is 19.1 Å². The monoisotopic (exact) mass is 193 g/mol. The second-order valence-corrected chi connectivity index (χ2v) is 2.67. The van der Waals surface area contributed by atoms with Crippen molar-refractivity contribution < 1.29 is 13.9 Å². The fourth-order valence-corrected chi connectivity index (χ4v) is 1.18. The highest BCUT2D eigenvalue weighted by Gasteiger charge is 2.17. The van der Waals surface area contributed by atoms with Gasteiger partial charge in [-0.25, -0.2) is 4.39 Å². The van der Waals surface area contributed by atoms with E-state index in [4.69, 9.17) is 10.00 Å². The predicted molar refractivity (Wildman–Crippen MR) is 47.7 cm³/mol. The highest BCUT2D eigenvalue weighted by molar-refractivity contribution is 5.97. The van der Waals surface area contributed by atoms with Crippen LogP contribution in [0.5, 0.6) is 5.75 Å². The zero-order chi connectivity index (χ0) is 10.7. The molecule has 0 aliphatic heterocycles. The molecule has 0 N–H and O–H groups in total. The number of rotatable bonds is 2. The second kappa shape index (κ2) is 3.88. The number of carbonyl (C=O) groups is 1. The van der Waals surface area contributed by atoms with Crippen molar-refractivity contribution in [1.82, 2.24) is 0 Å². The maximum Gasteiger partial charge on any atom is 0.164 e. The lowest BCUT2D eigenvalue weighted by Gasteiger charge is -2.06. The van der Waals surface area contributed by atoms with E-state index in [2.05, 4.69) is 0 Å². The molecule has 0 unspecified atom stereocenters. The molecule has 0 heterocycles. The van der Waals surface area contributed by atoms with Gasteiger partial charge in [0, 0.05) is 0 Å². The number of ether oxygens (including phenoxy) is 1. The number of Topliss-reactive ketones (excluding diaryl/α,β-unsaturated/α-hetero) is 1. The molecule has 1 rings (SSSR count). The van der Waals surface area contributed by atoms with Crippen molar-refractivity contribution in [2.75, 3.05) is 7.11 Å². The smallest absolute Gasteiger partial charge is 0.164 e. The Bertz CT molecular complexity index is 421. The topological polar surface area (TPSA) is 50.1 Å². The van der Waals surface area contributed by atoms with Crippen LogP contribution in [0, 0.1) is 17.1 Å². The molecule has 4 heteroatoms. The standard InChI is InChI=1S/C10H8FNO2/c1-6(13)10-7(5-12)9(14-2)4-3-8(10)11/h3-4H,1-2H3. The molecule has 0 spiro atoms. The molecule has 3 nitrogen and oxygen atoms in total. The molecule has 1 aromatic carbocycles. The summed E-state index contributed by atoms with van der Waals surface area (Å²) in [7, 11) is 1.36. The van der Waals surface area contributed by atoms with E-state index in [1.807, 2.05) is 0 Å². The number of hydrogen-bond acceptors (Lipinski definition) is 3. The van der Waals surface area contributed by atoms with Gasteiger partial charge in [-0.15, -0.1) is 0 Å². The summed E-state index contributed by atoms with van der Waals surface area (Å²) < 4.78 is 18.0. The molecule has 0 saturated heterocycles. The molecule has 0 radical (unpaired) electrons. The largest absolute Gasteiger partial charge is 0.495 e. The molecule has 0 aromatic heterocycles. The highest BCUT2D eigenvalue weighted by atomic mass is 19.1. The number of carbonyl (C=O) groups excluding carboxylic acids is 1. The Morgan fingerprint density at radius 1 is 1.57 bits per heavy atom. The third-order valence-corrected chi connectivity index (χ3v) is 1.80. The zero-order valence-electron chi connectivity index (χ0n) is 7.80. The first-order valence-corrected chi connectivity index (χ1v) is 3.89. The molecule has 0 amide bonds. The maximum absolute atomic E-state index is 13.2. The lowest BCUT2D eigenvalue weighted by molar-refractivity contribution is 0.101. The van der Waals surface area contributed by atoms with E-state index < -0.39 is 11.6 Å². The van der Waals surface area contributed by atoms with Crippen molar-refractivity contribution in [3.05, 3.63) is 29.1 Å². The number of nitrogens with zero attached hydrogens (tertiary/aromatic N) is 1. The van der Waals surface area contributed by atoms with Crippen LogP contribution in [0.2, 0.25) is 0 Å². The summed E-state index contributed by atoms with van der Waals surface area (Å²) in [5.41, 5.74) is -0.271. The van der Waals surface area contributed by atoms with Crippen LogP contribution in [0.15, 0.2) is 12.1 Å². The van der Waals surface area contributed by atoms with E-state index in [0.29, 0.717) is 0 Å². The van der Waals surface area contributed by atoms with E-state index in [-0.39, 0.29) is 16.9 Å². The van der Waals surface area contributed by atoms with Gasteiger partial charge >= 0.3 is 0 Å². The molecule has 14 heavy (non-hydrogen) atoms. The zero-order valence-corrected chi connectivity index (χ0v) is 7.80. The lowest BCUT2D eigenvalue weighted by atomic mass is 10.0. The van der Waals surface area contributed by atoms with Gasteiger partial charge in [0.15, 0.2) is 5.78 Å². The fraction of sp³-hybridized carbons (Fsp3) is 0.200. The van der Waals surface area contributed by atoms with Crippen LogP contribution in [-0.2, 0) is 0 Å². The Morgan fingerprint density at radius 3 is 2.64 bits per heavy atom. The summed E-state index contributed by atoms with van der Waals surface area (Å²) in [5.74, 6) is -0.980. The SMILES string of the molecule is COc1ccc(F)c(C(C)=O)c1C#N. The van der Waals surface area contributed by atoms with Gasteiger partial charge < -0.3 is 4.74 Å². The molecule has 1 aromatic rings. The van der Waals surface area contributed by atoms with E-state index in [0.717, 1.165) is 6.07 Å². The van der Waals surface area contributed by atoms with Crippen molar-refractivity contribution in [3.8, 4) is 11.8 Å². The van der Waals surface area contributed by atoms with E-state index >= 15 is 0 Å². The molecular formula is C10H8FNO2. The Hall–Kier alpha value is -1.89. The fourth-order valence-electron chi connectivity index (χ4n) is 1.18. The van der Waals surface area contributed by atoms with Crippen molar-refractivity contribution >= 4 is 5.78 Å². The lowest BCUT2D eigenvalue weighted by Crippen LogP contribution is -2.03. The van der Waals surface area contributed by atoms with Gasteiger partial charge in [0.25, 0.3) is 0 Å². The maximum atomic E-state index is 13.2. The Morgan fingerprint density at radius 2 is 2.21 bits per heavy atom. The van der Waals surface area contributed by atoms with Gasteiger partial charge in [0.05, 0.1) is 12.7 Å². The van der Waals surface area contributed by atoms with Gasteiger partial charge in [-0.3, -0.25) is 4.79 Å². The highest BCUT2D eigenvalue weighted by Crippen LogP contribution is 2.24. The van der Waals surface area contributed by atoms with E-state index in [9.17, 15) is 9.18 Å². The Labute approximate surface area is 80.7 Å². The molecule has 0 bridgehead atoms. The molecule has 0 atom stereocenters. The molecule has 72 valence electrons. The van der Waals surface area contributed by atoms with Gasteiger partial charge in [-0.1, -0.05) is 0 Å². The molecule has 0 saturated carbocycles. The first-order chi connectivity index (χ1) is 6.61. The summed E-state index contributed by atoms with van der Waals surface area (Å²) in [6.07, 6.45) is 0. The summed E-state index contributed by atoms with van der Waals surface area (Å²) in [6.45, 7) is 1.21. The number of methoxy groups -OCH3 is 1. The van der Waals surface area contributed by atoms with Gasteiger partial charge in [-0.2, -0.15) is 5.26 Å². The second-order valence-electron chi connectivity index (χ2n) is 2.67. The van der Waals surface area contributed by atoms with Crippen LogP contribution < -0.4 is 4.74 Å². The number of hydrogen-bond donors (Lipinski definition) is 0. The Balaban J connectivity index is 3.53. The minimum absolute atomic E-state index is 0.0556. The van der Waals surface area contributed by atoms with Crippen LogP contribution >= 0.6 is 0 Å². The first kappa shape index (κ1) is 10.2. The Kier molecular flexibility index (Phi) is 2.82. The average Bonchev–Trinajstić information content (AvgIpc) is 2.16. The van der Waals surface area contributed by atoms with Crippen LogP contribution in [0.25, 0.3) is 0 Å². The van der Waals surface area contributed by atoms with Gasteiger partial charge in [0.2, 0.25) is 0 Å². The normalized spacial score (nSPS) is 9.29. The quantitative estimate of drug-likeness (QED) is 0.674. The van der Waals surface area contributed by atoms with Crippen molar-refractivity contribution in [2.24, 2.45) is 0 Å².